The number of hydrogen-bond acceptors (Lipinski definition) is 0. The summed E-state index contributed by atoms with van der Waals surface area (Å²) in [5, 5.41) is 2.64. The first-order chi connectivity index (χ1) is 11.1. The number of aryl methyl sites for hydroxylation is 1. The van der Waals surface area contributed by atoms with Gasteiger partial charge in [-0.3, -0.25) is 0 Å². The van der Waals surface area contributed by atoms with Crippen LogP contribution in [0.1, 0.15) is 30.9 Å². The van der Waals surface area contributed by atoms with Gasteiger partial charge < -0.3 is 4.57 Å². The molecule has 0 atom stereocenters. The highest BCUT2D eigenvalue weighted by atomic mass is 15.0. The molecule has 0 amide bonds. The summed E-state index contributed by atoms with van der Waals surface area (Å²) in [7, 11) is 0. The lowest BCUT2D eigenvalue weighted by Gasteiger charge is -2.12. The normalized spacial score (nSPS) is 11.7. The molecule has 0 unspecified atom stereocenters. The highest BCUT2D eigenvalue weighted by Crippen LogP contribution is 2.33. The van der Waals surface area contributed by atoms with Crippen LogP contribution in [0, 0.1) is 6.92 Å². The first kappa shape index (κ1) is 14.1. The molecule has 0 N–H and O–H groups in total. The van der Waals surface area contributed by atoms with Crippen molar-refractivity contribution < 1.29 is 0 Å². The molecule has 0 fully saturated rings. The molecule has 0 saturated heterocycles. The van der Waals surface area contributed by atoms with Crippen molar-refractivity contribution in [3.63, 3.8) is 0 Å². The number of para-hydroxylation sites is 1. The molecular formula is C22H21N. The van der Waals surface area contributed by atoms with E-state index in [4.69, 9.17) is 0 Å². The first-order valence-corrected chi connectivity index (χ1v) is 8.25. The molecule has 4 rings (SSSR count). The van der Waals surface area contributed by atoms with Gasteiger partial charge in [0.25, 0.3) is 0 Å². The summed E-state index contributed by atoms with van der Waals surface area (Å²) >= 11 is 0. The fraction of sp³-hybridized carbons (Fsp3) is 0.182. The maximum Gasteiger partial charge on any atom is 0.0543 e. The van der Waals surface area contributed by atoms with Crippen molar-refractivity contribution in [1.82, 2.24) is 4.57 Å². The summed E-state index contributed by atoms with van der Waals surface area (Å²) in [6, 6.07) is 24.3. The van der Waals surface area contributed by atoms with Crippen molar-refractivity contribution in [2.45, 2.75) is 26.7 Å². The van der Waals surface area contributed by atoms with Crippen LogP contribution in [0.2, 0.25) is 0 Å². The summed E-state index contributed by atoms with van der Waals surface area (Å²) in [6.45, 7) is 6.65. The van der Waals surface area contributed by atoms with Crippen LogP contribution in [0.5, 0.6) is 0 Å². The third kappa shape index (κ3) is 2.24. The highest BCUT2D eigenvalue weighted by molar-refractivity contribution is 6.09. The van der Waals surface area contributed by atoms with Gasteiger partial charge in [0.05, 0.1) is 11.0 Å². The maximum atomic E-state index is 2.39. The quantitative estimate of drug-likeness (QED) is 0.414. The second-order valence-electron chi connectivity index (χ2n) is 6.62. The summed E-state index contributed by atoms with van der Waals surface area (Å²) in [5.74, 6) is 0.532. The predicted octanol–water partition coefficient (Wildman–Crippen LogP) is 6.22. The van der Waals surface area contributed by atoms with Crippen molar-refractivity contribution in [1.29, 1.82) is 0 Å². The average Bonchev–Trinajstić information content (AvgIpc) is 2.88. The molecule has 0 bridgehead atoms. The van der Waals surface area contributed by atoms with Crippen LogP contribution in [0.4, 0.5) is 0 Å². The van der Waals surface area contributed by atoms with Gasteiger partial charge in [0.2, 0.25) is 0 Å². The minimum absolute atomic E-state index is 0.532. The van der Waals surface area contributed by atoms with Crippen molar-refractivity contribution in [3.8, 4) is 5.69 Å². The zero-order valence-corrected chi connectivity index (χ0v) is 13.9. The van der Waals surface area contributed by atoms with E-state index < -0.39 is 0 Å². The maximum absolute atomic E-state index is 2.39. The SMILES string of the molecule is Cc1ccc2c3ccccc3n(-c3cccc(C(C)C)c3)c2c1. The van der Waals surface area contributed by atoms with Crippen LogP contribution >= 0.6 is 0 Å². The van der Waals surface area contributed by atoms with Gasteiger partial charge in [-0.15, -0.1) is 0 Å². The van der Waals surface area contributed by atoms with Crippen molar-refractivity contribution >= 4 is 21.8 Å². The van der Waals surface area contributed by atoms with Crippen molar-refractivity contribution in [3.05, 3.63) is 77.9 Å². The molecule has 0 aliphatic carbocycles. The Morgan fingerprint density at radius 2 is 1.52 bits per heavy atom. The fourth-order valence-electron chi connectivity index (χ4n) is 3.38. The molecule has 1 aromatic heterocycles. The number of fused-ring (bicyclic) bond motifs is 3. The van der Waals surface area contributed by atoms with E-state index in [1.54, 1.807) is 0 Å². The Kier molecular flexibility index (Phi) is 3.23. The van der Waals surface area contributed by atoms with E-state index >= 15 is 0 Å². The summed E-state index contributed by atoms with van der Waals surface area (Å²) in [6.07, 6.45) is 0. The smallest absolute Gasteiger partial charge is 0.0543 e. The summed E-state index contributed by atoms with van der Waals surface area (Å²) in [4.78, 5) is 0. The standard InChI is InChI=1S/C22H21N/c1-15(2)17-7-6-8-18(14-17)23-21-10-5-4-9-19(21)20-12-11-16(3)13-22(20)23/h4-15H,1-3H3. The molecule has 1 heterocycles. The Morgan fingerprint density at radius 3 is 2.35 bits per heavy atom. The first-order valence-electron chi connectivity index (χ1n) is 8.25. The molecule has 0 aliphatic rings. The Morgan fingerprint density at radius 1 is 0.739 bits per heavy atom. The van der Waals surface area contributed by atoms with Gasteiger partial charge in [-0.05, 0) is 48.2 Å². The van der Waals surface area contributed by atoms with E-state index in [9.17, 15) is 0 Å². The van der Waals surface area contributed by atoms with Crippen LogP contribution in [-0.4, -0.2) is 4.57 Å². The molecule has 3 aromatic carbocycles. The van der Waals surface area contributed by atoms with Crippen molar-refractivity contribution in [2.75, 3.05) is 0 Å². The molecule has 0 spiro atoms. The molecule has 4 aromatic rings. The van der Waals surface area contributed by atoms with Crippen molar-refractivity contribution in [2.24, 2.45) is 0 Å². The van der Waals surface area contributed by atoms with Crippen LogP contribution in [-0.2, 0) is 0 Å². The Balaban J connectivity index is 2.12. The Bertz CT molecular complexity index is 1010. The Hall–Kier alpha value is -2.54. The highest BCUT2D eigenvalue weighted by Gasteiger charge is 2.12. The number of hydrogen-bond donors (Lipinski definition) is 0. The molecule has 1 heteroatoms. The summed E-state index contributed by atoms with van der Waals surface area (Å²) in [5.41, 5.74) is 6.47. The molecule has 114 valence electrons. The molecule has 0 aliphatic heterocycles. The molecule has 0 radical (unpaired) electrons. The van der Waals surface area contributed by atoms with E-state index in [0.717, 1.165) is 0 Å². The number of nitrogens with zero attached hydrogens (tertiary/aromatic N) is 1. The van der Waals surface area contributed by atoms with Gasteiger partial charge in [0.15, 0.2) is 0 Å². The van der Waals surface area contributed by atoms with Crippen LogP contribution in [0.25, 0.3) is 27.5 Å². The molecule has 0 saturated carbocycles. The second kappa shape index (κ2) is 5.27. The predicted molar refractivity (Wildman–Crippen MR) is 99.6 cm³/mol. The lowest BCUT2D eigenvalue weighted by molar-refractivity contribution is 0.864. The largest absolute Gasteiger partial charge is 0.309 e. The fourth-order valence-corrected chi connectivity index (χ4v) is 3.38. The monoisotopic (exact) mass is 299 g/mol. The van der Waals surface area contributed by atoms with Crippen LogP contribution in [0.15, 0.2) is 66.7 Å². The molecule has 1 nitrogen and oxygen atoms in total. The lowest BCUT2D eigenvalue weighted by atomic mass is 10.0. The molecule has 23 heavy (non-hydrogen) atoms. The Labute approximate surface area is 137 Å². The van der Waals surface area contributed by atoms with E-state index in [0.29, 0.717) is 5.92 Å². The number of rotatable bonds is 2. The summed E-state index contributed by atoms with van der Waals surface area (Å²) < 4.78 is 2.39. The number of aromatic nitrogens is 1. The third-order valence-corrected chi connectivity index (χ3v) is 4.62. The average molecular weight is 299 g/mol. The van der Waals surface area contributed by atoms with Gasteiger partial charge >= 0.3 is 0 Å². The van der Waals surface area contributed by atoms with Crippen LogP contribution in [0.3, 0.4) is 0 Å². The minimum atomic E-state index is 0.532. The van der Waals surface area contributed by atoms with E-state index in [2.05, 4.69) is 92.1 Å². The minimum Gasteiger partial charge on any atom is -0.309 e. The topological polar surface area (TPSA) is 4.93 Å². The van der Waals surface area contributed by atoms with E-state index in [-0.39, 0.29) is 0 Å². The second-order valence-corrected chi connectivity index (χ2v) is 6.62. The number of benzene rings is 3. The zero-order valence-electron chi connectivity index (χ0n) is 13.9. The molecular weight excluding hydrogens is 278 g/mol. The van der Waals surface area contributed by atoms with Gasteiger partial charge in [0, 0.05) is 16.5 Å². The van der Waals surface area contributed by atoms with E-state index in [1.165, 1.54) is 38.6 Å². The van der Waals surface area contributed by atoms with Gasteiger partial charge in [-0.1, -0.05) is 56.3 Å². The van der Waals surface area contributed by atoms with Gasteiger partial charge in [-0.2, -0.15) is 0 Å². The van der Waals surface area contributed by atoms with Crippen LogP contribution < -0.4 is 0 Å². The third-order valence-electron chi connectivity index (χ3n) is 4.62. The van der Waals surface area contributed by atoms with E-state index in [1.807, 2.05) is 0 Å². The zero-order chi connectivity index (χ0) is 16.0. The van der Waals surface area contributed by atoms with Gasteiger partial charge in [0.1, 0.15) is 0 Å². The van der Waals surface area contributed by atoms with Gasteiger partial charge in [-0.25, -0.2) is 0 Å². The lowest BCUT2D eigenvalue weighted by Crippen LogP contribution is -1.96.